The van der Waals surface area contributed by atoms with E-state index in [4.69, 9.17) is 4.42 Å². The molecule has 52 heavy (non-hydrogen) atoms. The van der Waals surface area contributed by atoms with Crippen LogP contribution in [0.1, 0.15) is 25.0 Å². The fourth-order valence-electron chi connectivity index (χ4n) is 8.62. The molecule has 1 aliphatic carbocycles. The molecular formula is C49H33NOSe. The van der Waals surface area contributed by atoms with Crippen LogP contribution in [0.2, 0.25) is 0 Å². The normalized spacial score (nSPS) is 13.3. The van der Waals surface area contributed by atoms with E-state index in [1.54, 1.807) is 0 Å². The van der Waals surface area contributed by atoms with Gasteiger partial charge in [0.25, 0.3) is 0 Å². The first-order valence-corrected chi connectivity index (χ1v) is 19.6. The average molecular weight is 731 g/mol. The standard InChI is InChI=1S/C49H33NOSe/c1-49(2)43-12-6-3-9-36(43)37-25-22-34(28-44(37)49)50(35-23-26-39-38-10-4-7-13-45(38)51-46(39)29-35)33-20-17-30(18-21-33)32-16-15-31-19-24-41-40-11-5-8-14-47(40)52-48(41)42(31)27-32/h3-29H,1-2H3. The second kappa shape index (κ2) is 11.1. The fraction of sp³-hybridized carbons (Fsp3) is 0.0612. The van der Waals surface area contributed by atoms with Crippen LogP contribution in [-0.2, 0) is 5.41 Å². The molecule has 2 aromatic heterocycles. The van der Waals surface area contributed by atoms with Crippen molar-refractivity contribution in [1.29, 1.82) is 0 Å². The average Bonchev–Trinajstić information content (AvgIpc) is 3.83. The molecule has 0 saturated carbocycles. The van der Waals surface area contributed by atoms with Crippen molar-refractivity contribution in [2.75, 3.05) is 4.90 Å². The molecule has 1 aliphatic rings. The molecule has 0 aliphatic heterocycles. The Hall–Kier alpha value is -5.86. The van der Waals surface area contributed by atoms with E-state index in [0.29, 0.717) is 14.5 Å². The summed E-state index contributed by atoms with van der Waals surface area (Å²) in [6.45, 7) is 4.69. The van der Waals surface area contributed by atoms with Crippen LogP contribution in [0.3, 0.4) is 0 Å². The molecule has 8 aromatic carbocycles. The van der Waals surface area contributed by atoms with Gasteiger partial charge >= 0.3 is 204 Å². The predicted molar refractivity (Wildman–Crippen MR) is 221 cm³/mol. The molecule has 0 unspecified atom stereocenters. The maximum atomic E-state index is 6.40. The van der Waals surface area contributed by atoms with Crippen LogP contribution >= 0.6 is 0 Å². The Bertz CT molecular complexity index is 3050. The van der Waals surface area contributed by atoms with E-state index in [1.807, 2.05) is 12.1 Å². The van der Waals surface area contributed by atoms with Crippen molar-refractivity contribution in [1.82, 2.24) is 0 Å². The second-order valence-corrected chi connectivity index (χ2v) is 16.7. The van der Waals surface area contributed by atoms with E-state index in [9.17, 15) is 0 Å². The molecule has 246 valence electrons. The van der Waals surface area contributed by atoms with Gasteiger partial charge in [-0.2, -0.15) is 0 Å². The van der Waals surface area contributed by atoms with Crippen LogP contribution in [0.4, 0.5) is 17.1 Å². The van der Waals surface area contributed by atoms with E-state index in [1.165, 1.54) is 63.4 Å². The number of furan rings is 1. The number of rotatable bonds is 4. The monoisotopic (exact) mass is 731 g/mol. The van der Waals surface area contributed by atoms with Crippen molar-refractivity contribution in [2.24, 2.45) is 0 Å². The number of hydrogen-bond acceptors (Lipinski definition) is 2. The Balaban J connectivity index is 1.05. The summed E-state index contributed by atoms with van der Waals surface area (Å²) in [7, 11) is 0. The van der Waals surface area contributed by atoms with Gasteiger partial charge in [-0.15, -0.1) is 0 Å². The summed E-state index contributed by atoms with van der Waals surface area (Å²) in [5, 5.41) is 7.75. The third kappa shape index (κ3) is 4.37. The number of nitrogens with zero attached hydrogens (tertiary/aromatic N) is 1. The predicted octanol–water partition coefficient (Wildman–Crippen LogP) is 13.5. The van der Waals surface area contributed by atoms with Crippen molar-refractivity contribution in [3.05, 3.63) is 175 Å². The fourth-order valence-corrected chi connectivity index (χ4v) is 11.2. The molecular weight excluding hydrogens is 698 g/mol. The van der Waals surface area contributed by atoms with Crippen LogP contribution in [0.5, 0.6) is 0 Å². The van der Waals surface area contributed by atoms with Gasteiger partial charge in [0, 0.05) is 16.2 Å². The molecule has 3 heteroatoms. The first-order valence-electron chi connectivity index (χ1n) is 17.9. The molecule has 0 N–H and O–H groups in total. The van der Waals surface area contributed by atoms with Gasteiger partial charge in [0.2, 0.25) is 0 Å². The van der Waals surface area contributed by atoms with E-state index >= 15 is 0 Å². The SMILES string of the molecule is CC1(C)c2ccccc2-c2ccc(N(c3ccc(-c4ccc5ccc6c7ccccc7[se]c6c5c4)cc3)c3ccc4c(c3)oc3ccccc34)cc21. The summed E-state index contributed by atoms with van der Waals surface area (Å²) in [4.78, 5) is 2.38. The zero-order valence-corrected chi connectivity index (χ0v) is 30.6. The van der Waals surface area contributed by atoms with Crippen molar-refractivity contribution in [2.45, 2.75) is 19.3 Å². The Kier molecular flexibility index (Phi) is 6.35. The topological polar surface area (TPSA) is 16.4 Å². The van der Waals surface area contributed by atoms with Crippen molar-refractivity contribution in [3.8, 4) is 22.3 Å². The number of benzene rings is 8. The van der Waals surface area contributed by atoms with Gasteiger partial charge in [-0.1, -0.05) is 56.3 Å². The van der Waals surface area contributed by atoms with Crippen LogP contribution in [0, 0.1) is 0 Å². The molecule has 0 saturated heterocycles. The quantitative estimate of drug-likeness (QED) is 0.168. The van der Waals surface area contributed by atoms with Crippen LogP contribution in [-0.4, -0.2) is 14.5 Å². The van der Waals surface area contributed by atoms with Gasteiger partial charge in [0.1, 0.15) is 5.58 Å². The Morgan fingerprint density at radius 2 is 1.12 bits per heavy atom. The van der Waals surface area contributed by atoms with Gasteiger partial charge in [-0.05, 0) is 22.8 Å². The number of hydrogen-bond donors (Lipinski definition) is 0. The molecule has 2 nitrogen and oxygen atoms in total. The summed E-state index contributed by atoms with van der Waals surface area (Å²) in [6.07, 6.45) is 0. The number of anilines is 3. The van der Waals surface area contributed by atoms with Crippen molar-refractivity contribution < 1.29 is 4.42 Å². The van der Waals surface area contributed by atoms with E-state index in [-0.39, 0.29) is 5.41 Å². The van der Waals surface area contributed by atoms with E-state index in [0.717, 1.165) is 39.0 Å². The molecule has 0 radical (unpaired) electrons. The zero-order chi connectivity index (χ0) is 34.6. The third-order valence-corrected chi connectivity index (χ3v) is 13.8. The first kappa shape index (κ1) is 29.8. The van der Waals surface area contributed by atoms with Crippen LogP contribution < -0.4 is 4.90 Å². The minimum atomic E-state index is -0.0981. The van der Waals surface area contributed by atoms with Crippen molar-refractivity contribution >= 4 is 83.6 Å². The molecule has 10 aromatic rings. The summed E-state index contributed by atoms with van der Waals surface area (Å²) in [5.74, 6) is 0. The Morgan fingerprint density at radius 3 is 2.02 bits per heavy atom. The summed E-state index contributed by atoms with van der Waals surface area (Å²) < 4.78 is 9.38. The summed E-state index contributed by atoms with van der Waals surface area (Å²) in [5.41, 5.74) is 12.8. The van der Waals surface area contributed by atoms with Gasteiger partial charge in [-0.25, -0.2) is 0 Å². The molecule has 0 spiro atoms. The van der Waals surface area contributed by atoms with E-state index in [2.05, 4.69) is 170 Å². The second-order valence-electron chi connectivity index (χ2n) is 14.5. The molecule has 0 bridgehead atoms. The molecule has 0 amide bonds. The molecule has 0 atom stereocenters. The summed E-state index contributed by atoms with van der Waals surface area (Å²) >= 11 is 0.307. The van der Waals surface area contributed by atoms with Gasteiger partial charge in [-0.3, -0.25) is 0 Å². The van der Waals surface area contributed by atoms with Gasteiger partial charge in [0.05, 0.1) is 0 Å². The molecule has 11 rings (SSSR count). The van der Waals surface area contributed by atoms with Crippen LogP contribution in [0.25, 0.3) is 74.3 Å². The minimum absolute atomic E-state index is 0.0981. The van der Waals surface area contributed by atoms with E-state index < -0.39 is 0 Å². The van der Waals surface area contributed by atoms with Crippen molar-refractivity contribution in [3.63, 3.8) is 0 Å². The Labute approximate surface area is 307 Å². The third-order valence-electron chi connectivity index (χ3n) is 11.3. The number of para-hydroxylation sites is 1. The number of fused-ring (bicyclic) bond motifs is 11. The maximum absolute atomic E-state index is 6.40. The van der Waals surface area contributed by atoms with Crippen LogP contribution in [0.15, 0.2) is 168 Å². The van der Waals surface area contributed by atoms with Gasteiger partial charge < -0.3 is 4.42 Å². The Morgan fingerprint density at radius 1 is 0.462 bits per heavy atom. The molecule has 2 heterocycles. The van der Waals surface area contributed by atoms with Gasteiger partial charge in [0.15, 0.2) is 0 Å². The summed E-state index contributed by atoms with van der Waals surface area (Å²) in [6, 6.07) is 60.3. The zero-order valence-electron chi connectivity index (χ0n) is 28.9. The molecule has 0 fully saturated rings. The first-order chi connectivity index (χ1) is 25.5.